The second kappa shape index (κ2) is 10.1. The lowest BCUT2D eigenvalue weighted by Crippen LogP contribution is -2.48. The van der Waals surface area contributed by atoms with Gasteiger partial charge in [0.25, 0.3) is 0 Å². The fourth-order valence-corrected chi connectivity index (χ4v) is 5.00. The van der Waals surface area contributed by atoms with Gasteiger partial charge >= 0.3 is 5.97 Å². The molecule has 2 N–H and O–H groups in total. The van der Waals surface area contributed by atoms with E-state index in [4.69, 9.17) is 4.74 Å². The molecule has 2 aromatic carbocycles. The predicted molar refractivity (Wildman–Crippen MR) is 125 cm³/mol. The van der Waals surface area contributed by atoms with Gasteiger partial charge < -0.3 is 20.3 Å². The molecule has 0 bridgehead atoms. The third-order valence-electron chi connectivity index (χ3n) is 5.67. The van der Waals surface area contributed by atoms with Gasteiger partial charge in [0, 0.05) is 29.6 Å². The number of rotatable bonds is 5. The molecule has 0 aliphatic carbocycles. The molecule has 33 heavy (non-hydrogen) atoms. The minimum absolute atomic E-state index is 0.151. The van der Waals surface area contributed by atoms with E-state index < -0.39 is 11.2 Å². The predicted octanol–water partition coefficient (Wildman–Crippen LogP) is 3.15. The topological polar surface area (TPSA) is 105 Å². The summed E-state index contributed by atoms with van der Waals surface area (Å²) in [4.78, 5) is 52.6. The number of hydrogen-bond acceptors (Lipinski definition) is 6. The molecule has 172 valence electrons. The number of benzene rings is 2. The van der Waals surface area contributed by atoms with Gasteiger partial charge in [0.15, 0.2) is 5.25 Å². The first-order valence-corrected chi connectivity index (χ1v) is 11.8. The quantitative estimate of drug-likeness (QED) is 0.517. The van der Waals surface area contributed by atoms with Crippen LogP contribution < -0.4 is 10.6 Å². The van der Waals surface area contributed by atoms with Crippen LogP contribution in [0.4, 0.5) is 11.4 Å². The van der Waals surface area contributed by atoms with E-state index in [1.165, 1.54) is 11.8 Å². The van der Waals surface area contributed by atoms with E-state index in [2.05, 4.69) is 10.6 Å². The van der Waals surface area contributed by atoms with Crippen molar-refractivity contribution in [1.82, 2.24) is 4.90 Å². The van der Waals surface area contributed by atoms with Crippen LogP contribution in [0.15, 0.2) is 53.4 Å². The van der Waals surface area contributed by atoms with E-state index in [0.29, 0.717) is 37.2 Å². The lowest BCUT2D eigenvalue weighted by Gasteiger charge is -2.34. The van der Waals surface area contributed by atoms with E-state index in [9.17, 15) is 19.2 Å². The number of carbonyl (C=O) groups is 4. The van der Waals surface area contributed by atoms with Crippen LogP contribution >= 0.6 is 11.8 Å². The first-order valence-electron chi connectivity index (χ1n) is 10.9. The number of esters is 1. The SMILES string of the molecule is CCOC(=O)c1cccc(NC(=O)C2CCN(C(=O)[C@H]3Sc4ccccc4NC3=O)CC2)c1. The zero-order valence-electron chi connectivity index (χ0n) is 18.2. The molecule has 8 nitrogen and oxygen atoms in total. The molecule has 0 spiro atoms. The molecule has 1 saturated heterocycles. The number of thioether (sulfide) groups is 1. The zero-order valence-corrected chi connectivity index (χ0v) is 19.0. The van der Waals surface area contributed by atoms with Crippen molar-refractivity contribution >= 4 is 46.8 Å². The van der Waals surface area contributed by atoms with E-state index in [0.717, 1.165) is 10.6 Å². The lowest BCUT2D eigenvalue weighted by atomic mass is 9.95. The second-order valence-electron chi connectivity index (χ2n) is 7.87. The maximum atomic E-state index is 13.0. The number of nitrogens with zero attached hydrogens (tertiary/aromatic N) is 1. The Hall–Kier alpha value is -3.33. The summed E-state index contributed by atoms with van der Waals surface area (Å²) in [5.74, 6) is -1.39. The Labute approximate surface area is 196 Å². The van der Waals surface area contributed by atoms with Crippen LogP contribution in [0, 0.1) is 5.92 Å². The Balaban J connectivity index is 1.32. The molecule has 1 atom stereocenters. The van der Waals surface area contributed by atoms with Crippen molar-refractivity contribution < 1.29 is 23.9 Å². The van der Waals surface area contributed by atoms with Gasteiger partial charge in [-0.05, 0) is 50.1 Å². The summed E-state index contributed by atoms with van der Waals surface area (Å²) in [7, 11) is 0. The van der Waals surface area contributed by atoms with E-state index in [1.54, 1.807) is 36.1 Å². The van der Waals surface area contributed by atoms with Crippen molar-refractivity contribution in [2.24, 2.45) is 5.92 Å². The first-order chi connectivity index (χ1) is 16.0. The molecule has 2 heterocycles. The molecule has 0 aromatic heterocycles. The number of fused-ring (bicyclic) bond motifs is 1. The maximum absolute atomic E-state index is 13.0. The Kier molecular flexibility index (Phi) is 6.98. The molecule has 1 fully saturated rings. The van der Waals surface area contributed by atoms with Crippen LogP contribution in [0.1, 0.15) is 30.1 Å². The number of para-hydroxylation sites is 1. The summed E-state index contributed by atoms with van der Waals surface area (Å²) in [6, 6.07) is 14.0. The normalized spacial score (nSPS) is 18.2. The van der Waals surface area contributed by atoms with Crippen molar-refractivity contribution in [3.05, 3.63) is 54.1 Å². The van der Waals surface area contributed by atoms with Crippen LogP contribution in [0.3, 0.4) is 0 Å². The van der Waals surface area contributed by atoms with Crippen LogP contribution in [0.5, 0.6) is 0 Å². The van der Waals surface area contributed by atoms with Gasteiger partial charge in [-0.25, -0.2) is 4.79 Å². The first kappa shape index (κ1) is 22.8. The second-order valence-corrected chi connectivity index (χ2v) is 9.02. The summed E-state index contributed by atoms with van der Waals surface area (Å²) in [5.41, 5.74) is 1.62. The molecule has 2 aromatic rings. The number of nitrogens with one attached hydrogen (secondary N) is 2. The molecule has 0 unspecified atom stereocenters. The number of hydrogen-bond donors (Lipinski definition) is 2. The molecule has 0 radical (unpaired) electrons. The lowest BCUT2D eigenvalue weighted by molar-refractivity contribution is -0.136. The molecular weight excluding hydrogens is 442 g/mol. The Bertz CT molecular complexity index is 1080. The molecular formula is C24H25N3O5S. The van der Waals surface area contributed by atoms with Crippen molar-refractivity contribution in [2.75, 3.05) is 30.3 Å². The molecule has 0 saturated carbocycles. The number of ether oxygens (including phenoxy) is 1. The Morgan fingerprint density at radius 1 is 1.12 bits per heavy atom. The van der Waals surface area contributed by atoms with Crippen molar-refractivity contribution in [1.29, 1.82) is 0 Å². The highest BCUT2D eigenvalue weighted by molar-refractivity contribution is 8.01. The van der Waals surface area contributed by atoms with Crippen molar-refractivity contribution in [3.8, 4) is 0 Å². The van der Waals surface area contributed by atoms with E-state index >= 15 is 0 Å². The van der Waals surface area contributed by atoms with Crippen molar-refractivity contribution in [2.45, 2.75) is 29.9 Å². The minimum atomic E-state index is -0.823. The maximum Gasteiger partial charge on any atom is 0.338 e. The highest BCUT2D eigenvalue weighted by atomic mass is 32.2. The van der Waals surface area contributed by atoms with Gasteiger partial charge in [-0.1, -0.05) is 18.2 Å². The molecule has 9 heteroatoms. The largest absolute Gasteiger partial charge is 0.462 e. The number of amides is 3. The van der Waals surface area contributed by atoms with Gasteiger partial charge in [0.05, 0.1) is 17.9 Å². The van der Waals surface area contributed by atoms with Gasteiger partial charge in [-0.2, -0.15) is 0 Å². The number of anilines is 2. The number of carbonyl (C=O) groups excluding carboxylic acids is 4. The average Bonchev–Trinajstić information content (AvgIpc) is 2.83. The van der Waals surface area contributed by atoms with Crippen LogP contribution in [-0.2, 0) is 19.1 Å². The number of likely N-dealkylation sites (tertiary alicyclic amines) is 1. The van der Waals surface area contributed by atoms with Gasteiger partial charge in [-0.15, -0.1) is 11.8 Å². The van der Waals surface area contributed by atoms with Crippen LogP contribution in [-0.4, -0.2) is 53.5 Å². The van der Waals surface area contributed by atoms with E-state index in [-0.39, 0.29) is 30.2 Å². The Morgan fingerprint density at radius 3 is 2.64 bits per heavy atom. The minimum Gasteiger partial charge on any atom is -0.462 e. The fourth-order valence-electron chi connectivity index (χ4n) is 3.92. The smallest absolute Gasteiger partial charge is 0.338 e. The van der Waals surface area contributed by atoms with Crippen molar-refractivity contribution in [3.63, 3.8) is 0 Å². The molecule has 4 rings (SSSR count). The average molecular weight is 468 g/mol. The summed E-state index contributed by atoms with van der Waals surface area (Å²) >= 11 is 1.26. The highest BCUT2D eigenvalue weighted by Crippen LogP contribution is 2.36. The summed E-state index contributed by atoms with van der Waals surface area (Å²) < 4.78 is 5.00. The van der Waals surface area contributed by atoms with Gasteiger partial charge in [0.2, 0.25) is 17.7 Å². The van der Waals surface area contributed by atoms with Gasteiger partial charge in [-0.3, -0.25) is 14.4 Å². The third-order valence-corrected chi connectivity index (χ3v) is 6.93. The monoisotopic (exact) mass is 467 g/mol. The Morgan fingerprint density at radius 2 is 1.88 bits per heavy atom. The summed E-state index contributed by atoms with van der Waals surface area (Å²) in [5, 5.41) is 4.83. The van der Waals surface area contributed by atoms with E-state index in [1.807, 2.05) is 24.3 Å². The van der Waals surface area contributed by atoms with Gasteiger partial charge in [0.1, 0.15) is 0 Å². The zero-order chi connectivity index (χ0) is 23.4. The van der Waals surface area contributed by atoms with Crippen LogP contribution in [0.25, 0.3) is 0 Å². The molecule has 2 aliphatic rings. The summed E-state index contributed by atoms with van der Waals surface area (Å²) in [6.07, 6.45) is 1.01. The fraction of sp³-hybridized carbons (Fsp3) is 0.333. The highest BCUT2D eigenvalue weighted by Gasteiger charge is 2.37. The summed E-state index contributed by atoms with van der Waals surface area (Å²) in [6.45, 7) is 2.83. The molecule has 2 aliphatic heterocycles. The van der Waals surface area contributed by atoms with Crippen LogP contribution in [0.2, 0.25) is 0 Å². The molecule has 3 amide bonds. The number of piperidine rings is 1. The third kappa shape index (κ3) is 5.19. The standard InChI is InChI=1S/C24H25N3O5S/c1-2-32-24(31)16-6-5-7-17(14-16)25-21(28)15-10-12-27(13-11-15)23(30)20-22(29)26-18-8-3-4-9-19(18)33-20/h3-9,14-15,20H,2,10-13H2,1H3,(H,25,28)(H,26,29)/t20-/m0/s1.